The highest BCUT2D eigenvalue weighted by atomic mass is 16.5. The molecule has 0 spiro atoms. The Bertz CT molecular complexity index is 307. The van der Waals surface area contributed by atoms with Crippen molar-refractivity contribution in [3.63, 3.8) is 0 Å². The molecule has 2 heterocycles. The average Bonchev–Trinajstić information content (AvgIpc) is 2.49. The molecule has 1 saturated heterocycles. The summed E-state index contributed by atoms with van der Waals surface area (Å²) in [5.74, 6) is 0.715. The van der Waals surface area contributed by atoms with Gasteiger partial charge in [-0.3, -0.25) is 4.68 Å². The van der Waals surface area contributed by atoms with Gasteiger partial charge < -0.3 is 10.5 Å². The van der Waals surface area contributed by atoms with Gasteiger partial charge >= 0.3 is 0 Å². The number of nitrogens with zero attached hydrogens (tertiary/aromatic N) is 2. The Morgan fingerprint density at radius 3 is 2.93 bits per heavy atom. The highest BCUT2D eigenvalue weighted by Gasteiger charge is 2.32. The number of ether oxygens (including phenoxy) is 1. The van der Waals surface area contributed by atoms with Crippen LogP contribution in [0.3, 0.4) is 0 Å². The summed E-state index contributed by atoms with van der Waals surface area (Å²) in [7, 11) is 1.87. The van der Waals surface area contributed by atoms with Crippen LogP contribution in [-0.2, 0) is 17.2 Å². The number of rotatable bonds is 1. The molecule has 1 atom stereocenters. The number of aromatic nitrogens is 2. The highest BCUT2D eigenvalue weighted by Crippen LogP contribution is 2.32. The van der Waals surface area contributed by atoms with Crippen LogP contribution in [0.1, 0.15) is 25.5 Å². The number of anilines is 1. The van der Waals surface area contributed by atoms with E-state index in [4.69, 9.17) is 10.5 Å². The van der Waals surface area contributed by atoms with E-state index in [0.717, 1.165) is 31.7 Å². The quantitative estimate of drug-likeness (QED) is 0.729. The monoisotopic (exact) mass is 195 g/mol. The summed E-state index contributed by atoms with van der Waals surface area (Å²) in [6.45, 7) is 3.81. The van der Waals surface area contributed by atoms with Crippen molar-refractivity contribution in [3.8, 4) is 0 Å². The van der Waals surface area contributed by atoms with Gasteiger partial charge in [-0.15, -0.1) is 0 Å². The molecule has 4 nitrogen and oxygen atoms in total. The second-order valence-electron chi connectivity index (χ2n) is 4.29. The van der Waals surface area contributed by atoms with Crippen LogP contribution >= 0.6 is 0 Å². The predicted octanol–water partition coefficient (Wildman–Crippen LogP) is 1.07. The third-order valence-corrected chi connectivity index (χ3v) is 2.97. The minimum atomic E-state index is 0.0492. The molecule has 1 aliphatic rings. The van der Waals surface area contributed by atoms with Gasteiger partial charge in [-0.2, -0.15) is 5.10 Å². The molecule has 1 aliphatic heterocycles. The van der Waals surface area contributed by atoms with E-state index in [1.54, 1.807) is 4.68 Å². The first-order valence-corrected chi connectivity index (χ1v) is 4.99. The second kappa shape index (κ2) is 3.28. The van der Waals surface area contributed by atoms with E-state index in [9.17, 15) is 0 Å². The van der Waals surface area contributed by atoms with Gasteiger partial charge in [-0.05, 0) is 12.8 Å². The lowest BCUT2D eigenvalue weighted by Gasteiger charge is -2.31. The Morgan fingerprint density at radius 1 is 1.64 bits per heavy atom. The van der Waals surface area contributed by atoms with Gasteiger partial charge in [0.25, 0.3) is 0 Å². The van der Waals surface area contributed by atoms with Gasteiger partial charge in [-0.1, -0.05) is 6.92 Å². The minimum Gasteiger partial charge on any atom is -0.384 e. The van der Waals surface area contributed by atoms with Gasteiger partial charge in [0, 0.05) is 25.1 Å². The third-order valence-electron chi connectivity index (χ3n) is 2.97. The lowest BCUT2D eigenvalue weighted by Crippen LogP contribution is -2.33. The molecule has 1 aromatic heterocycles. The number of hydrogen-bond acceptors (Lipinski definition) is 3. The fourth-order valence-electron chi connectivity index (χ4n) is 1.91. The Balaban J connectivity index is 2.28. The van der Waals surface area contributed by atoms with Crippen LogP contribution in [0.2, 0.25) is 0 Å². The van der Waals surface area contributed by atoms with E-state index in [0.29, 0.717) is 5.82 Å². The summed E-state index contributed by atoms with van der Waals surface area (Å²) in [6, 6.07) is 1.95. The summed E-state index contributed by atoms with van der Waals surface area (Å²) in [6.07, 6.45) is 2.23. The zero-order valence-electron chi connectivity index (χ0n) is 8.79. The molecule has 2 rings (SSSR count). The summed E-state index contributed by atoms with van der Waals surface area (Å²) in [5.41, 5.74) is 6.87. The van der Waals surface area contributed by atoms with Crippen molar-refractivity contribution in [1.82, 2.24) is 9.78 Å². The first-order chi connectivity index (χ1) is 6.62. The molecule has 2 N–H and O–H groups in total. The first-order valence-electron chi connectivity index (χ1n) is 4.99. The normalized spacial score (nSPS) is 27.9. The standard InChI is InChI=1S/C10H17N3O/c1-10(4-3-5-14-7-10)8-6-9(11)13(2)12-8/h6H,3-5,7,11H2,1-2H3. The van der Waals surface area contributed by atoms with Crippen molar-refractivity contribution < 1.29 is 4.74 Å². The smallest absolute Gasteiger partial charge is 0.121 e. The average molecular weight is 195 g/mol. The minimum absolute atomic E-state index is 0.0492. The maximum atomic E-state index is 5.77. The van der Waals surface area contributed by atoms with Crippen LogP contribution in [0.4, 0.5) is 5.82 Å². The van der Waals surface area contributed by atoms with Crippen LogP contribution in [0.5, 0.6) is 0 Å². The van der Waals surface area contributed by atoms with E-state index in [-0.39, 0.29) is 5.41 Å². The van der Waals surface area contributed by atoms with Crippen LogP contribution in [-0.4, -0.2) is 23.0 Å². The molecule has 14 heavy (non-hydrogen) atoms. The molecule has 0 saturated carbocycles. The number of aryl methyl sites for hydroxylation is 1. The van der Waals surface area contributed by atoms with Crippen LogP contribution in [0.15, 0.2) is 6.07 Å². The number of hydrogen-bond donors (Lipinski definition) is 1. The molecule has 0 aliphatic carbocycles. The largest absolute Gasteiger partial charge is 0.384 e. The Kier molecular flexibility index (Phi) is 2.23. The maximum Gasteiger partial charge on any atom is 0.121 e. The van der Waals surface area contributed by atoms with Crippen LogP contribution in [0.25, 0.3) is 0 Å². The number of nitrogen functional groups attached to an aromatic ring is 1. The van der Waals surface area contributed by atoms with E-state index in [2.05, 4.69) is 12.0 Å². The SMILES string of the molecule is Cn1nc(C2(C)CCCOC2)cc1N. The van der Waals surface area contributed by atoms with Crippen molar-refractivity contribution in [2.24, 2.45) is 7.05 Å². The summed E-state index contributed by atoms with van der Waals surface area (Å²) < 4.78 is 7.22. The Hall–Kier alpha value is -1.03. The zero-order valence-corrected chi connectivity index (χ0v) is 8.79. The third kappa shape index (κ3) is 1.50. The molecule has 0 amide bonds. The Morgan fingerprint density at radius 2 is 2.43 bits per heavy atom. The second-order valence-corrected chi connectivity index (χ2v) is 4.29. The molecule has 4 heteroatoms. The van der Waals surface area contributed by atoms with Crippen molar-refractivity contribution in [2.45, 2.75) is 25.2 Å². The zero-order chi connectivity index (χ0) is 10.2. The molecular formula is C10H17N3O. The molecule has 0 bridgehead atoms. The Labute approximate surface area is 84.0 Å². The van der Waals surface area contributed by atoms with E-state index in [1.165, 1.54) is 0 Å². The van der Waals surface area contributed by atoms with Crippen LogP contribution < -0.4 is 5.73 Å². The lowest BCUT2D eigenvalue weighted by molar-refractivity contribution is 0.0400. The van der Waals surface area contributed by atoms with Gasteiger partial charge in [0.1, 0.15) is 5.82 Å². The molecular weight excluding hydrogens is 178 g/mol. The van der Waals surface area contributed by atoms with E-state index >= 15 is 0 Å². The van der Waals surface area contributed by atoms with Crippen LogP contribution in [0, 0.1) is 0 Å². The molecule has 1 fully saturated rings. The highest BCUT2D eigenvalue weighted by molar-refractivity contribution is 5.34. The molecule has 78 valence electrons. The van der Waals surface area contributed by atoms with Crippen molar-refractivity contribution >= 4 is 5.82 Å². The summed E-state index contributed by atoms with van der Waals surface area (Å²) in [5, 5.41) is 4.42. The molecule has 0 radical (unpaired) electrons. The predicted molar refractivity (Wildman–Crippen MR) is 55.0 cm³/mol. The van der Waals surface area contributed by atoms with Gasteiger partial charge in [0.2, 0.25) is 0 Å². The summed E-state index contributed by atoms with van der Waals surface area (Å²) in [4.78, 5) is 0. The molecule has 0 aromatic carbocycles. The summed E-state index contributed by atoms with van der Waals surface area (Å²) >= 11 is 0. The van der Waals surface area contributed by atoms with E-state index < -0.39 is 0 Å². The van der Waals surface area contributed by atoms with Gasteiger partial charge in [0.05, 0.1) is 12.3 Å². The lowest BCUT2D eigenvalue weighted by atomic mass is 9.82. The van der Waals surface area contributed by atoms with Crippen molar-refractivity contribution in [1.29, 1.82) is 0 Å². The topological polar surface area (TPSA) is 53.1 Å². The maximum absolute atomic E-state index is 5.77. The first kappa shape index (κ1) is 9.52. The van der Waals surface area contributed by atoms with Gasteiger partial charge in [-0.25, -0.2) is 0 Å². The van der Waals surface area contributed by atoms with Crippen molar-refractivity contribution in [3.05, 3.63) is 11.8 Å². The van der Waals surface area contributed by atoms with Crippen molar-refractivity contribution in [2.75, 3.05) is 18.9 Å². The molecule has 1 aromatic rings. The fourth-order valence-corrected chi connectivity index (χ4v) is 1.91. The van der Waals surface area contributed by atoms with Gasteiger partial charge in [0.15, 0.2) is 0 Å². The fraction of sp³-hybridized carbons (Fsp3) is 0.700. The number of nitrogens with two attached hydrogens (primary N) is 1. The van der Waals surface area contributed by atoms with E-state index in [1.807, 2.05) is 13.1 Å². The molecule has 1 unspecified atom stereocenters.